The van der Waals surface area contributed by atoms with Crippen molar-refractivity contribution >= 4 is 17.5 Å². The molecule has 0 aromatic heterocycles. The van der Waals surface area contributed by atoms with Gasteiger partial charge < -0.3 is 9.84 Å². The maximum Gasteiger partial charge on any atom is 0.303 e. The minimum atomic E-state index is -1.51. The van der Waals surface area contributed by atoms with E-state index in [1.807, 2.05) is 19.1 Å². The van der Waals surface area contributed by atoms with Gasteiger partial charge in [-0.2, -0.15) is 0 Å². The molecular weight excluding hydrogens is 356 g/mol. The second-order valence-electron chi connectivity index (χ2n) is 9.27. The van der Waals surface area contributed by atoms with Crippen molar-refractivity contribution in [1.29, 1.82) is 0 Å². The Morgan fingerprint density at radius 2 is 2.00 bits per heavy atom. The first-order chi connectivity index (χ1) is 13.1. The van der Waals surface area contributed by atoms with Crippen LogP contribution >= 0.6 is 0 Å². The molecule has 0 heterocycles. The summed E-state index contributed by atoms with van der Waals surface area (Å²) >= 11 is 0. The van der Waals surface area contributed by atoms with Gasteiger partial charge in [0.25, 0.3) is 0 Å². The van der Waals surface area contributed by atoms with Crippen LogP contribution in [0.15, 0.2) is 36.0 Å². The molecule has 0 aliphatic heterocycles. The number of hydrogen-bond acceptors (Lipinski definition) is 5. The predicted molar refractivity (Wildman–Crippen MR) is 103 cm³/mol. The van der Waals surface area contributed by atoms with E-state index in [9.17, 15) is 19.5 Å². The second kappa shape index (κ2) is 6.24. The minimum absolute atomic E-state index is 0.0573. The van der Waals surface area contributed by atoms with E-state index >= 15 is 0 Å². The van der Waals surface area contributed by atoms with E-state index in [1.54, 1.807) is 12.2 Å². The Labute approximate surface area is 165 Å². The van der Waals surface area contributed by atoms with E-state index in [-0.39, 0.29) is 29.6 Å². The lowest BCUT2D eigenvalue weighted by Gasteiger charge is -2.54. The van der Waals surface area contributed by atoms with Crippen LogP contribution in [-0.4, -0.2) is 34.9 Å². The first kappa shape index (κ1) is 19.3. The van der Waals surface area contributed by atoms with Gasteiger partial charge in [-0.25, -0.2) is 0 Å². The van der Waals surface area contributed by atoms with Gasteiger partial charge in [0, 0.05) is 17.8 Å². The van der Waals surface area contributed by atoms with E-state index in [2.05, 4.69) is 13.0 Å². The minimum Gasteiger partial charge on any atom is -0.458 e. The van der Waals surface area contributed by atoms with E-state index in [0.29, 0.717) is 12.3 Å². The number of carbonyl (C=O) groups excluding carboxylic acids is 3. The molecular formula is C23H28O5. The van der Waals surface area contributed by atoms with Crippen LogP contribution in [0.5, 0.6) is 0 Å². The van der Waals surface area contributed by atoms with Gasteiger partial charge in [0.05, 0.1) is 0 Å². The third kappa shape index (κ3) is 2.52. The van der Waals surface area contributed by atoms with E-state index in [0.717, 1.165) is 19.3 Å². The fraction of sp³-hybridized carbons (Fsp3) is 0.609. The molecule has 0 saturated heterocycles. The average molecular weight is 384 g/mol. The standard InChI is InChI=1S/C23H28O5/c1-14(24)28-13-20(26)23(27)11-8-19-17-5-4-15-12-16(25)6-9-21(15,2)18(17)7-10-22(19,23)3/h6-7,9-10,12,17-19,27H,4-5,8,11,13H2,1-3H3/t17-,18+,19-,21+,22-,23+/m0/s1. The van der Waals surface area contributed by atoms with Crippen molar-refractivity contribution in [2.75, 3.05) is 6.61 Å². The molecule has 4 aliphatic rings. The van der Waals surface area contributed by atoms with Crippen molar-refractivity contribution in [2.45, 2.75) is 52.1 Å². The van der Waals surface area contributed by atoms with Crippen LogP contribution in [-0.2, 0) is 19.1 Å². The zero-order chi connectivity index (χ0) is 20.3. The van der Waals surface area contributed by atoms with Crippen molar-refractivity contribution in [3.8, 4) is 0 Å². The maximum absolute atomic E-state index is 12.8. The summed E-state index contributed by atoms with van der Waals surface area (Å²) in [5.41, 5.74) is -1.17. The lowest BCUT2D eigenvalue weighted by atomic mass is 9.50. The summed E-state index contributed by atoms with van der Waals surface area (Å²) in [7, 11) is 0. The highest BCUT2D eigenvalue weighted by Crippen LogP contribution is 2.64. The van der Waals surface area contributed by atoms with Gasteiger partial charge in [0.1, 0.15) is 5.60 Å². The van der Waals surface area contributed by atoms with Gasteiger partial charge in [0.2, 0.25) is 5.78 Å². The molecule has 4 rings (SSSR count). The second-order valence-corrected chi connectivity index (χ2v) is 9.27. The Morgan fingerprint density at radius 3 is 2.71 bits per heavy atom. The third-order valence-corrected chi connectivity index (χ3v) is 8.02. The Balaban J connectivity index is 1.67. The van der Waals surface area contributed by atoms with Gasteiger partial charge in [-0.15, -0.1) is 0 Å². The number of fused-ring (bicyclic) bond motifs is 5. The van der Waals surface area contributed by atoms with Crippen LogP contribution in [0.3, 0.4) is 0 Å². The van der Waals surface area contributed by atoms with Crippen molar-refractivity contribution in [2.24, 2.45) is 28.6 Å². The molecule has 0 spiro atoms. The monoisotopic (exact) mass is 384 g/mol. The van der Waals surface area contributed by atoms with Crippen LogP contribution in [0, 0.1) is 28.6 Å². The highest BCUT2D eigenvalue weighted by atomic mass is 16.5. The number of ketones is 2. The largest absolute Gasteiger partial charge is 0.458 e. The van der Waals surface area contributed by atoms with Crippen LogP contribution in [0.2, 0.25) is 0 Å². The molecule has 6 atom stereocenters. The first-order valence-corrected chi connectivity index (χ1v) is 10.1. The zero-order valence-electron chi connectivity index (χ0n) is 16.7. The van der Waals surface area contributed by atoms with Crippen molar-refractivity contribution < 1.29 is 24.2 Å². The molecule has 0 bridgehead atoms. The number of Topliss-reactive ketones (excluding diaryl/α,β-unsaturated/α-hetero) is 1. The Hall–Kier alpha value is -2.01. The molecule has 2 fully saturated rings. The van der Waals surface area contributed by atoms with Crippen LogP contribution in [0.1, 0.15) is 46.5 Å². The molecule has 1 N–H and O–H groups in total. The number of aliphatic hydroxyl groups is 1. The smallest absolute Gasteiger partial charge is 0.303 e. The third-order valence-electron chi connectivity index (χ3n) is 8.02. The highest BCUT2D eigenvalue weighted by molar-refractivity contribution is 6.01. The quantitative estimate of drug-likeness (QED) is 0.598. The van der Waals surface area contributed by atoms with Crippen LogP contribution in [0.25, 0.3) is 0 Å². The molecule has 0 aromatic carbocycles. The predicted octanol–water partition coefficient (Wildman–Crippen LogP) is 2.93. The molecule has 4 aliphatic carbocycles. The van der Waals surface area contributed by atoms with E-state index < -0.39 is 22.8 Å². The molecule has 0 aromatic rings. The Kier molecular flexibility index (Phi) is 4.31. The summed E-state index contributed by atoms with van der Waals surface area (Å²) in [5, 5.41) is 11.4. The number of rotatable bonds is 3. The number of allylic oxidation sites excluding steroid dienone is 5. The van der Waals surface area contributed by atoms with Gasteiger partial charge >= 0.3 is 5.97 Å². The van der Waals surface area contributed by atoms with Gasteiger partial charge in [0.15, 0.2) is 12.4 Å². The van der Waals surface area contributed by atoms with Crippen molar-refractivity contribution in [3.05, 3.63) is 36.0 Å². The number of hydrogen-bond donors (Lipinski definition) is 1. The van der Waals surface area contributed by atoms with Gasteiger partial charge in [-0.05, 0) is 55.6 Å². The van der Waals surface area contributed by atoms with Gasteiger partial charge in [-0.1, -0.05) is 37.6 Å². The molecule has 2 saturated carbocycles. The SMILES string of the molecule is CC(=O)OCC(=O)[C@]1(O)CC[C@H]2[C@H]3CCC4=CC(=O)C=C[C@@]4(C)[C@@H]3C=C[C@@]21C. The highest BCUT2D eigenvalue weighted by Gasteiger charge is 2.64. The molecule has 0 radical (unpaired) electrons. The Bertz CT molecular complexity index is 836. The lowest BCUT2D eigenvalue weighted by molar-refractivity contribution is -0.159. The summed E-state index contributed by atoms with van der Waals surface area (Å²) in [5.74, 6) is -0.109. The molecule has 28 heavy (non-hydrogen) atoms. The zero-order valence-corrected chi connectivity index (χ0v) is 16.7. The molecule has 5 heteroatoms. The number of ether oxygens (including phenoxy) is 1. The van der Waals surface area contributed by atoms with Crippen molar-refractivity contribution in [1.82, 2.24) is 0 Å². The summed E-state index contributed by atoms with van der Waals surface area (Å²) in [6.45, 7) is 5.04. The summed E-state index contributed by atoms with van der Waals surface area (Å²) < 4.78 is 4.89. The van der Waals surface area contributed by atoms with Gasteiger partial charge in [-0.3, -0.25) is 14.4 Å². The van der Waals surface area contributed by atoms with Crippen LogP contribution < -0.4 is 0 Å². The summed E-state index contributed by atoms with van der Waals surface area (Å²) in [4.78, 5) is 35.7. The molecule has 0 unspecified atom stereocenters. The van der Waals surface area contributed by atoms with E-state index in [4.69, 9.17) is 4.74 Å². The Morgan fingerprint density at radius 1 is 1.25 bits per heavy atom. The first-order valence-electron chi connectivity index (χ1n) is 10.1. The van der Waals surface area contributed by atoms with Crippen molar-refractivity contribution in [3.63, 3.8) is 0 Å². The topological polar surface area (TPSA) is 80.7 Å². The average Bonchev–Trinajstić information content (AvgIpc) is 2.92. The number of carbonyl (C=O) groups is 3. The normalized spacial score (nSPS) is 43.6. The summed E-state index contributed by atoms with van der Waals surface area (Å²) in [6, 6.07) is 0. The fourth-order valence-corrected chi connectivity index (χ4v) is 6.34. The lowest BCUT2D eigenvalue weighted by Crippen LogP contribution is -2.56. The summed E-state index contributed by atoms with van der Waals surface area (Å²) in [6.07, 6.45) is 12.6. The van der Waals surface area contributed by atoms with Crippen LogP contribution in [0.4, 0.5) is 0 Å². The maximum atomic E-state index is 12.8. The van der Waals surface area contributed by atoms with E-state index in [1.165, 1.54) is 12.5 Å². The molecule has 0 amide bonds. The number of esters is 1. The molecule has 150 valence electrons. The molecule has 5 nitrogen and oxygen atoms in total. The fourth-order valence-electron chi connectivity index (χ4n) is 6.34.